The summed E-state index contributed by atoms with van der Waals surface area (Å²) < 4.78 is 190. The zero-order chi connectivity index (χ0) is 31.5. The second kappa shape index (κ2) is 11.9. The van der Waals surface area contributed by atoms with Crippen LogP contribution in [0.3, 0.4) is 0 Å². The van der Waals surface area contributed by atoms with Crippen LogP contribution in [0.25, 0.3) is 0 Å². The maximum absolute atomic E-state index is 13.8. The Labute approximate surface area is 209 Å². The number of esters is 3. The smallest absolute Gasteiger partial charge is 0.434 e. The largest absolute Gasteiger partial charge is 0.459 e. The van der Waals surface area contributed by atoms with E-state index >= 15 is 0 Å². The van der Waals surface area contributed by atoms with E-state index in [4.69, 9.17) is 0 Å². The minimum Gasteiger partial charge on any atom is -0.459 e. The van der Waals surface area contributed by atoms with Crippen molar-refractivity contribution in [3.63, 3.8) is 0 Å². The van der Waals surface area contributed by atoms with Crippen LogP contribution in [-0.4, -0.2) is 67.9 Å². The molecule has 0 bridgehead atoms. The van der Waals surface area contributed by atoms with Gasteiger partial charge in [0.1, 0.15) is 6.42 Å². The summed E-state index contributed by atoms with van der Waals surface area (Å²) in [5.74, 6) is -11.7. The summed E-state index contributed by atoms with van der Waals surface area (Å²) in [6.45, 7) is -2.72. The molecule has 0 aliphatic rings. The lowest BCUT2D eigenvalue weighted by atomic mass is 9.71. The first kappa shape index (κ1) is 36.4. The van der Waals surface area contributed by atoms with Gasteiger partial charge in [-0.05, 0) is 26.7 Å². The predicted octanol–water partition coefficient (Wildman–Crippen LogP) is 6.07. The first-order chi connectivity index (χ1) is 17.0. The first-order valence-corrected chi connectivity index (χ1v) is 10.2. The summed E-state index contributed by atoms with van der Waals surface area (Å²) in [5.41, 5.74) is -6.39. The fraction of sp³-hybridized carbons (Fsp3) is 0.842. The molecule has 0 aliphatic heterocycles. The highest BCUT2D eigenvalue weighted by Gasteiger charge is 2.62. The number of ether oxygens (including phenoxy) is 3. The van der Waals surface area contributed by atoms with Crippen molar-refractivity contribution in [3.05, 3.63) is 0 Å². The molecule has 6 nitrogen and oxygen atoms in total. The van der Waals surface area contributed by atoms with Gasteiger partial charge in [-0.2, -0.15) is 52.7 Å². The fourth-order valence-corrected chi connectivity index (χ4v) is 2.87. The van der Waals surface area contributed by atoms with Crippen LogP contribution in [0.15, 0.2) is 0 Å². The van der Waals surface area contributed by atoms with E-state index in [0.29, 0.717) is 6.92 Å². The highest BCUT2D eigenvalue weighted by molar-refractivity contribution is 5.83. The van der Waals surface area contributed by atoms with E-state index in [2.05, 4.69) is 14.2 Å². The molecule has 2 atom stereocenters. The Kier molecular flexibility index (Phi) is 11.1. The number of carbonyl (C=O) groups excluding carboxylic acids is 3. The molecule has 0 aliphatic carbocycles. The Morgan fingerprint density at radius 1 is 0.692 bits per heavy atom. The summed E-state index contributed by atoms with van der Waals surface area (Å²) in [5, 5.41) is 0. The number of rotatable bonds is 11. The zero-order valence-corrected chi connectivity index (χ0v) is 19.9. The minimum atomic E-state index is -6.20. The van der Waals surface area contributed by atoms with Crippen molar-refractivity contribution in [1.29, 1.82) is 0 Å². The highest BCUT2D eigenvalue weighted by Crippen LogP contribution is 2.49. The van der Waals surface area contributed by atoms with Crippen molar-refractivity contribution in [1.82, 2.24) is 0 Å². The molecule has 0 saturated heterocycles. The van der Waals surface area contributed by atoms with Gasteiger partial charge in [-0.25, -0.2) is 13.6 Å². The zero-order valence-electron chi connectivity index (χ0n) is 19.9. The second-order valence-corrected chi connectivity index (χ2v) is 8.67. The van der Waals surface area contributed by atoms with E-state index in [0.717, 1.165) is 6.92 Å². The molecule has 0 saturated carbocycles. The number of carbonyl (C=O) groups is 3. The summed E-state index contributed by atoms with van der Waals surface area (Å²) in [6.07, 6.45) is -33.4. The number of hydrogen-bond donors (Lipinski definition) is 0. The standard InChI is InChI=1S/C19H20F14O6/c1-4-13(2,11(35)38-8-15(20,21)7-16(22,23)24)6-14(3,19(31,32)33)12(36)37-5-9(34)39-10(17(25,26)27)18(28,29)30/h10H,4-8H2,1-3H3. The number of hydrogen-bond acceptors (Lipinski definition) is 6. The third-order valence-electron chi connectivity index (χ3n) is 5.13. The van der Waals surface area contributed by atoms with Crippen LogP contribution in [0.2, 0.25) is 0 Å². The maximum atomic E-state index is 13.8. The van der Waals surface area contributed by atoms with Crippen LogP contribution in [0.5, 0.6) is 0 Å². The van der Waals surface area contributed by atoms with Gasteiger partial charge in [-0.15, -0.1) is 0 Å². The van der Waals surface area contributed by atoms with Crippen molar-refractivity contribution < 1.29 is 90.1 Å². The Bertz CT molecular complexity index is 862. The van der Waals surface area contributed by atoms with E-state index in [9.17, 15) is 75.8 Å². The quantitative estimate of drug-likeness (QED) is 0.161. The van der Waals surface area contributed by atoms with Crippen molar-refractivity contribution in [2.75, 3.05) is 13.2 Å². The Hall–Kier alpha value is -2.57. The van der Waals surface area contributed by atoms with Gasteiger partial charge in [0.15, 0.2) is 18.6 Å². The Morgan fingerprint density at radius 2 is 1.15 bits per heavy atom. The molecule has 0 radical (unpaired) electrons. The lowest BCUT2D eigenvalue weighted by Crippen LogP contribution is -2.50. The Morgan fingerprint density at radius 3 is 1.51 bits per heavy atom. The van der Waals surface area contributed by atoms with Crippen LogP contribution in [0.4, 0.5) is 61.5 Å². The third-order valence-corrected chi connectivity index (χ3v) is 5.13. The van der Waals surface area contributed by atoms with Gasteiger partial charge < -0.3 is 14.2 Å². The molecule has 0 aromatic rings. The molecule has 0 amide bonds. The molecule has 0 fully saturated rings. The average Bonchev–Trinajstić information content (AvgIpc) is 2.69. The summed E-state index contributed by atoms with van der Waals surface area (Å²) in [6, 6.07) is 0. The molecule has 230 valence electrons. The maximum Gasteiger partial charge on any atom is 0.434 e. The summed E-state index contributed by atoms with van der Waals surface area (Å²) in [7, 11) is 0. The topological polar surface area (TPSA) is 78.9 Å². The van der Waals surface area contributed by atoms with E-state index < -0.39 is 97.9 Å². The molecule has 0 rings (SSSR count). The number of alkyl halides is 14. The van der Waals surface area contributed by atoms with Crippen LogP contribution < -0.4 is 0 Å². The van der Waals surface area contributed by atoms with Gasteiger partial charge >= 0.3 is 42.6 Å². The van der Waals surface area contributed by atoms with Gasteiger partial charge in [0, 0.05) is 0 Å². The molecule has 0 heterocycles. The highest BCUT2D eigenvalue weighted by atomic mass is 19.4. The second-order valence-electron chi connectivity index (χ2n) is 8.67. The van der Waals surface area contributed by atoms with Crippen molar-refractivity contribution in [2.45, 2.75) is 76.8 Å². The molecule has 0 N–H and O–H groups in total. The van der Waals surface area contributed by atoms with Gasteiger partial charge in [-0.3, -0.25) is 9.59 Å². The van der Waals surface area contributed by atoms with E-state index in [1.807, 2.05) is 0 Å². The minimum absolute atomic E-state index is 0.0361. The van der Waals surface area contributed by atoms with Crippen LogP contribution in [0.1, 0.15) is 40.0 Å². The molecule has 0 spiro atoms. The Balaban J connectivity index is 5.75. The van der Waals surface area contributed by atoms with Crippen LogP contribution in [0, 0.1) is 10.8 Å². The van der Waals surface area contributed by atoms with Crippen LogP contribution in [-0.2, 0) is 28.6 Å². The molecule has 2 unspecified atom stereocenters. The molecule has 0 aromatic heterocycles. The monoisotopic (exact) mass is 610 g/mol. The van der Waals surface area contributed by atoms with Crippen molar-refractivity contribution >= 4 is 17.9 Å². The molecule has 0 aromatic carbocycles. The first-order valence-electron chi connectivity index (χ1n) is 10.2. The molecule has 39 heavy (non-hydrogen) atoms. The number of halogens is 14. The van der Waals surface area contributed by atoms with Crippen molar-refractivity contribution in [2.24, 2.45) is 10.8 Å². The van der Waals surface area contributed by atoms with Gasteiger partial charge in [0.2, 0.25) is 0 Å². The van der Waals surface area contributed by atoms with Crippen molar-refractivity contribution in [3.8, 4) is 0 Å². The van der Waals surface area contributed by atoms with Gasteiger partial charge in [0.25, 0.3) is 12.0 Å². The fourth-order valence-electron chi connectivity index (χ4n) is 2.87. The average molecular weight is 610 g/mol. The third kappa shape index (κ3) is 10.8. The van der Waals surface area contributed by atoms with E-state index in [1.54, 1.807) is 0 Å². The van der Waals surface area contributed by atoms with Crippen LogP contribution >= 0.6 is 0 Å². The SMILES string of the molecule is CCC(C)(CC(C)(C(=O)OCC(=O)OC(C(F)(F)F)C(F)(F)F)C(F)(F)F)C(=O)OCC(F)(F)CC(F)(F)F. The summed E-state index contributed by atoms with van der Waals surface area (Å²) in [4.78, 5) is 35.8. The molecule has 20 heteroatoms. The molecular weight excluding hydrogens is 590 g/mol. The molecular formula is C19H20F14O6. The normalized spacial score (nSPS) is 16.8. The lowest BCUT2D eigenvalue weighted by Gasteiger charge is -2.37. The predicted molar refractivity (Wildman–Crippen MR) is 96.7 cm³/mol. The van der Waals surface area contributed by atoms with Gasteiger partial charge in [-0.1, -0.05) is 6.92 Å². The summed E-state index contributed by atoms with van der Waals surface area (Å²) >= 11 is 0. The van der Waals surface area contributed by atoms with E-state index in [1.165, 1.54) is 0 Å². The lowest BCUT2D eigenvalue weighted by molar-refractivity contribution is -0.314. The van der Waals surface area contributed by atoms with E-state index in [-0.39, 0.29) is 6.92 Å². The van der Waals surface area contributed by atoms with Gasteiger partial charge in [0.05, 0.1) is 5.41 Å².